The SMILES string of the molecule is CCNc1nnc(C(=O)NCC(C)(C)CN(C)C)s1. The predicted octanol–water partition coefficient (Wildman–Crippen LogP) is 1.29. The third-order valence-electron chi connectivity index (χ3n) is 2.42. The van der Waals surface area contributed by atoms with E-state index in [2.05, 4.69) is 39.6 Å². The molecule has 0 aromatic carbocycles. The minimum atomic E-state index is -0.159. The highest BCUT2D eigenvalue weighted by atomic mass is 32.1. The van der Waals surface area contributed by atoms with Crippen LogP contribution in [0.4, 0.5) is 5.13 Å². The fourth-order valence-electron chi connectivity index (χ4n) is 1.84. The van der Waals surface area contributed by atoms with E-state index in [-0.39, 0.29) is 11.3 Å². The zero-order valence-corrected chi connectivity index (χ0v) is 13.1. The largest absolute Gasteiger partial charge is 0.360 e. The van der Waals surface area contributed by atoms with Crippen molar-refractivity contribution in [1.82, 2.24) is 20.4 Å². The molecule has 0 radical (unpaired) electrons. The zero-order valence-electron chi connectivity index (χ0n) is 12.3. The van der Waals surface area contributed by atoms with Crippen LogP contribution < -0.4 is 10.6 Å². The molecule has 0 fully saturated rings. The highest BCUT2D eigenvalue weighted by Crippen LogP contribution is 2.17. The van der Waals surface area contributed by atoms with Gasteiger partial charge in [0.05, 0.1) is 0 Å². The van der Waals surface area contributed by atoms with Crippen molar-refractivity contribution in [2.24, 2.45) is 5.41 Å². The molecule has 7 heteroatoms. The molecule has 1 aromatic rings. The van der Waals surface area contributed by atoms with Crippen LogP contribution in [0.2, 0.25) is 0 Å². The molecule has 19 heavy (non-hydrogen) atoms. The van der Waals surface area contributed by atoms with E-state index in [1.54, 1.807) is 0 Å². The molecular weight excluding hydrogens is 262 g/mol. The highest BCUT2D eigenvalue weighted by molar-refractivity contribution is 7.17. The number of carbonyl (C=O) groups excluding carboxylic acids is 1. The van der Waals surface area contributed by atoms with E-state index in [4.69, 9.17) is 0 Å². The number of anilines is 1. The van der Waals surface area contributed by atoms with E-state index in [0.717, 1.165) is 13.1 Å². The van der Waals surface area contributed by atoms with Crippen LogP contribution in [0.3, 0.4) is 0 Å². The van der Waals surface area contributed by atoms with Gasteiger partial charge >= 0.3 is 0 Å². The normalized spacial score (nSPS) is 11.7. The molecule has 0 unspecified atom stereocenters. The molecule has 1 aromatic heterocycles. The van der Waals surface area contributed by atoms with Gasteiger partial charge < -0.3 is 15.5 Å². The monoisotopic (exact) mass is 285 g/mol. The number of hydrogen-bond acceptors (Lipinski definition) is 6. The Morgan fingerprint density at radius 3 is 2.63 bits per heavy atom. The number of hydrogen-bond donors (Lipinski definition) is 2. The molecule has 1 heterocycles. The lowest BCUT2D eigenvalue weighted by molar-refractivity contribution is 0.0928. The first-order chi connectivity index (χ1) is 8.84. The molecule has 0 saturated heterocycles. The van der Waals surface area contributed by atoms with E-state index in [9.17, 15) is 4.79 Å². The molecule has 1 amide bonds. The summed E-state index contributed by atoms with van der Waals surface area (Å²) in [6, 6.07) is 0. The Bertz CT molecular complexity index is 416. The minimum absolute atomic E-state index is 0.0222. The molecule has 0 spiro atoms. The molecule has 0 aliphatic rings. The Balaban J connectivity index is 2.50. The zero-order chi connectivity index (χ0) is 14.5. The summed E-state index contributed by atoms with van der Waals surface area (Å²) in [6.45, 7) is 8.51. The van der Waals surface area contributed by atoms with Crippen molar-refractivity contribution in [3.63, 3.8) is 0 Å². The van der Waals surface area contributed by atoms with Crippen molar-refractivity contribution in [1.29, 1.82) is 0 Å². The fraction of sp³-hybridized carbons (Fsp3) is 0.750. The molecule has 0 saturated carbocycles. The third-order valence-corrected chi connectivity index (χ3v) is 3.30. The molecule has 0 aliphatic carbocycles. The molecule has 0 atom stereocenters. The molecule has 1 rings (SSSR count). The second kappa shape index (κ2) is 6.81. The van der Waals surface area contributed by atoms with E-state index in [0.29, 0.717) is 16.7 Å². The van der Waals surface area contributed by atoms with Gasteiger partial charge in [-0.2, -0.15) is 0 Å². The number of amides is 1. The van der Waals surface area contributed by atoms with Gasteiger partial charge in [0, 0.05) is 19.6 Å². The summed E-state index contributed by atoms with van der Waals surface area (Å²) in [4.78, 5) is 14.1. The summed E-state index contributed by atoms with van der Waals surface area (Å²) in [5.74, 6) is -0.159. The van der Waals surface area contributed by atoms with Crippen LogP contribution in [0, 0.1) is 5.41 Å². The molecule has 0 aliphatic heterocycles. The fourth-order valence-corrected chi connectivity index (χ4v) is 2.57. The second-order valence-electron chi connectivity index (χ2n) is 5.53. The maximum absolute atomic E-state index is 12.0. The number of carbonyl (C=O) groups is 1. The Hall–Kier alpha value is -1.21. The smallest absolute Gasteiger partial charge is 0.282 e. The van der Waals surface area contributed by atoms with Gasteiger partial charge in [0.1, 0.15) is 0 Å². The van der Waals surface area contributed by atoms with Gasteiger partial charge in [-0.25, -0.2) is 0 Å². The molecule has 2 N–H and O–H groups in total. The van der Waals surface area contributed by atoms with Crippen molar-refractivity contribution in [3.05, 3.63) is 5.01 Å². The Kier molecular flexibility index (Phi) is 5.68. The van der Waals surface area contributed by atoms with Gasteiger partial charge in [0.25, 0.3) is 5.91 Å². The van der Waals surface area contributed by atoms with Crippen LogP contribution in [-0.2, 0) is 0 Å². The standard InChI is InChI=1S/C12H23N5OS/c1-6-13-11-16-15-10(19-11)9(18)14-7-12(2,3)8-17(4)5/h6-8H2,1-5H3,(H,13,16)(H,14,18). The van der Waals surface area contributed by atoms with Gasteiger partial charge in [-0.15, -0.1) is 10.2 Å². The molecule has 6 nitrogen and oxygen atoms in total. The average molecular weight is 285 g/mol. The molecule has 0 bridgehead atoms. The Morgan fingerprint density at radius 1 is 1.37 bits per heavy atom. The van der Waals surface area contributed by atoms with Crippen LogP contribution >= 0.6 is 11.3 Å². The van der Waals surface area contributed by atoms with Gasteiger partial charge in [-0.05, 0) is 26.4 Å². The van der Waals surface area contributed by atoms with Crippen LogP contribution in [-0.4, -0.2) is 54.7 Å². The lowest BCUT2D eigenvalue weighted by Gasteiger charge is -2.28. The third kappa shape index (κ3) is 5.52. The Morgan fingerprint density at radius 2 is 2.05 bits per heavy atom. The van der Waals surface area contributed by atoms with E-state index in [1.807, 2.05) is 21.0 Å². The maximum Gasteiger partial charge on any atom is 0.282 e. The highest BCUT2D eigenvalue weighted by Gasteiger charge is 2.21. The first kappa shape index (κ1) is 15.8. The average Bonchev–Trinajstić information content (AvgIpc) is 2.73. The summed E-state index contributed by atoms with van der Waals surface area (Å²) >= 11 is 1.27. The number of rotatable bonds is 7. The van der Waals surface area contributed by atoms with Crippen molar-refractivity contribution in [2.75, 3.05) is 39.0 Å². The van der Waals surface area contributed by atoms with E-state index < -0.39 is 0 Å². The number of nitrogens with zero attached hydrogens (tertiary/aromatic N) is 3. The van der Waals surface area contributed by atoms with Crippen LogP contribution in [0.15, 0.2) is 0 Å². The van der Waals surface area contributed by atoms with Gasteiger partial charge in [0.15, 0.2) is 0 Å². The summed E-state index contributed by atoms with van der Waals surface area (Å²) < 4.78 is 0. The molecule has 108 valence electrons. The first-order valence-electron chi connectivity index (χ1n) is 6.34. The quantitative estimate of drug-likeness (QED) is 0.790. The van der Waals surface area contributed by atoms with Crippen molar-refractivity contribution in [3.8, 4) is 0 Å². The lowest BCUT2D eigenvalue weighted by atomic mass is 9.93. The van der Waals surface area contributed by atoms with Crippen LogP contribution in [0.1, 0.15) is 30.6 Å². The summed E-state index contributed by atoms with van der Waals surface area (Å²) in [5, 5.41) is 14.8. The number of aromatic nitrogens is 2. The van der Waals surface area contributed by atoms with Crippen molar-refractivity contribution >= 4 is 22.4 Å². The second-order valence-corrected chi connectivity index (χ2v) is 6.50. The summed E-state index contributed by atoms with van der Waals surface area (Å²) in [6.07, 6.45) is 0. The van der Waals surface area contributed by atoms with Gasteiger partial charge in [-0.3, -0.25) is 4.79 Å². The predicted molar refractivity (Wildman–Crippen MR) is 78.7 cm³/mol. The van der Waals surface area contributed by atoms with Gasteiger partial charge in [-0.1, -0.05) is 25.2 Å². The van der Waals surface area contributed by atoms with Crippen LogP contribution in [0.5, 0.6) is 0 Å². The van der Waals surface area contributed by atoms with Crippen molar-refractivity contribution in [2.45, 2.75) is 20.8 Å². The maximum atomic E-state index is 12.0. The first-order valence-corrected chi connectivity index (χ1v) is 7.16. The molecular formula is C12H23N5OS. The topological polar surface area (TPSA) is 70.1 Å². The van der Waals surface area contributed by atoms with Crippen molar-refractivity contribution < 1.29 is 4.79 Å². The van der Waals surface area contributed by atoms with Crippen LogP contribution in [0.25, 0.3) is 0 Å². The summed E-state index contributed by atoms with van der Waals surface area (Å²) in [5.41, 5.74) is 0.0222. The van der Waals surface area contributed by atoms with E-state index in [1.165, 1.54) is 11.3 Å². The summed E-state index contributed by atoms with van der Waals surface area (Å²) in [7, 11) is 4.05. The van der Waals surface area contributed by atoms with E-state index >= 15 is 0 Å². The van der Waals surface area contributed by atoms with Gasteiger partial charge in [0.2, 0.25) is 10.1 Å². The Labute approximate surface area is 118 Å². The minimum Gasteiger partial charge on any atom is -0.360 e. The number of nitrogens with one attached hydrogen (secondary N) is 2. The lowest BCUT2D eigenvalue weighted by Crippen LogP contribution is -2.39.